The van der Waals surface area contributed by atoms with Gasteiger partial charge in [0.25, 0.3) is 0 Å². The van der Waals surface area contributed by atoms with Crippen molar-refractivity contribution in [3.63, 3.8) is 0 Å². The van der Waals surface area contributed by atoms with Gasteiger partial charge in [0.15, 0.2) is 0 Å². The number of hydrogen-bond donors (Lipinski definition) is 1. The van der Waals surface area contributed by atoms with Crippen molar-refractivity contribution in [2.24, 2.45) is 0 Å². The van der Waals surface area contributed by atoms with Crippen LogP contribution in [0.25, 0.3) is 0 Å². The fourth-order valence-electron chi connectivity index (χ4n) is 2.40. The van der Waals surface area contributed by atoms with E-state index in [0.717, 1.165) is 17.0 Å². The molecule has 0 spiro atoms. The smallest absolute Gasteiger partial charge is 0.322 e. The number of para-hydroxylation sites is 1. The molecule has 2 rings (SSSR count). The van der Waals surface area contributed by atoms with E-state index in [1.807, 2.05) is 0 Å². The first-order valence-corrected chi connectivity index (χ1v) is 7.07. The maximum atomic E-state index is 12.9. The Labute approximate surface area is 134 Å². The van der Waals surface area contributed by atoms with Crippen LogP contribution >= 0.6 is 0 Å². The molecular formula is C14H15F6N3O. The number of amides is 2. The van der Waals surface area contributed by atoms with Crippen LogP contribution in [0.1, 0.15) is 5.56 Å². The normalized spacial score (nSPS) is 17.0. The molecule has 1 saturated heterocycles. The molecule has 24 heavy (non-hydrogen) atoms. The van der Waals surface area contributed by atoms with E-state index in [1.54, 1.807) is 0 Å². The number of piperazine rings is 1. The van der Waals surface area contributed by atoms with Crippen LogP contribution in [0.3, 0.4) is 0 Å². The molecule has 134 valence electrons. The van der Waals surface area contributed by atoms with Crippen LogP contribution in [0.4, 0.5) is 36.8 Å². The van der Waals surface area contributed by atoms with Crippen molar-refractivity contribution in [3.8, 4) is 0 Å². The number of halogens is 6. The van der Waals surface area contributed by atoms with Gasteiger partial charge in [-0.1, -0.05) is 12.1 Å². The lowest BCUT2D eigenvalue weighted by molar-refractivity contribution is -0.148. The van der Waals surface area contributed by atoms with Gasteiger partial charge in [0.2, 0.25) is 0 Å². The Morgan fingerprint density at radius 2 is 1.58 bits per heavy atom. The Bertz CT molecular complexity index is 579. The minimum Gasteiger partial charge on any atom is -0.322 e. The Balaban J connectivity index is 1.96. The number of nitrogens with zero attached hydrogens (tertiary/aromatic N) is 2. The van der Waals surface area contributed by atoms with Crippen molar-refractivity contribution in [2.75, 3.05) is 38.0 Å². The number of benzene rings is 1. The summed E-state index contributed by atoms with van der Waals surface area (Å²) in [6, 6.07) is 3.76. The quantitative estimate of drug-likeness (QED) is 0.826. The van der Waals surface area contributed by atoms with E-state index < -0.39 is 30.5 Å². The maximum Gasteiger partial charge on any atom is 0.418 e. The number of anilines is 1. The van der Waals surface area contributed by atoms with Gasteiger partial charge in [-0.25, -0.2) is 4.79 Å². The third-order valence-electron chi connectivity index (χ3n) is 3.54. The van der Waals surface area contributed by atoms with Gasteiger partial charge in [0.05, 0.1) is 17.8 Å². The molecule has 1 aliphatic rings. The van der Waals surface area contributed by atoms with Crippen LogP contribution in [-0.2, 0) is 6.18 Å². The summed E-state index contributed by atoms with van der Waals surface area (Å²) in [6.07, 6.45) is -8.94. The van der Waals surface area contributed by atoms with Crippen LogP contribution in [0.15, 0.2) is 24.3 Å². The summed E-state index contributed by atoms with van der Waals surface area (Å²) >= 11 is 0. The van der Waals surface area contributed by atoms with Crippen molar-refractivity contribution < 1.29 is 31.1 Å². The van der Waals surface area contributed by atoms with Crippen LogP contribution in [-0.4, -0.2) is 54.7 Å². The highest BCUT2D eigenvalue weighted by atomic mass is 19.4. The zero-order valence-electron chi connectivity index (χ0n) is 12.4. The van der Waals surface area contributed by atoms with Gasteiger partial charge in [-0.15, -0.1) is 0 Å². The van der Waals surface area contributed by atoms with Crippen LogP contribution < -0.4 is 5.32 Å². The molecule has 0 unspecified atom stereocenters. The van der Waals surface area contributed by atoms with E-state index in [4.69, 9.17) is 0 Å². The SMILES string of the molecule is O=C(Nc1ccccc1C(F)(F)F)N1CCN(CC(F)(F)F)CC1. The molecule has 1 heterocycles. The molecule has 0 bridgehead atoms. The molecule has 2 amide bonds. The van der Waals surface area contributed by atoms with Crippen LogP contribution in [0.5, 0.6) is 0 Å². The highest BCUT2D eigenvalue weighted by molar-refractivity contribution is 5.90. The van der Waals surface area contributed by atoms with Crippen molar-refractivity contribution in [3.05, 3.63) is 29.8 Å². The summed E-state index contributed by atoms with van der Waals surface area (Å²) in [4.78, 5) is 14.4. The van der Waals surface area contributed by atoms with Gasteiger partial charge in [-0.05, 0) is 12.1 Å². The summed E-state index contributed by atoms with van der Waals surface area (Å²) in [7, 11) is 0. The average molecular weight is 355 g/mol. The Morgan fingerprint density at radius 1 is 1.00 bits per heavy atom. The van der Waals surface area contributed by atoms with Crippen molar-refractivity contribution >= 4 is 11.7 Å². The summed E-state index contributed by atoms with van der Waals surface area (Å²) in [5.41, 5.74) is -1.36. The van der Waals surface area contributed by atoms with E-state index in [9.17, 15) is 31.1 Å². The third-order valence-corrected chi connectivity index (χ3v) is 3.54. The summed E-state index contributed by atoms with van der Waals surface area (Å²) in [5.74, 6) is 0. The molecule has 4 nitrogen and oxygen atoms in total. The minimum atomic E-state index is -4.62. The van der Waals surface area contributed by atoms with E-state index in [1.165, 1.54) is 17.0 Å². The lowest BCUT2D eigenvalue weighted by Crippen LogP contribution is -2.52. The van der Waals surface area contributed by atoms with Crippen molar-refractivity contribution in [2.45, 2.75) is 12.4 Å². The Kier molecular flexibility index (Phi) is 5.26. The number of carbonyl (C=O) groups excluding carboxylic acids is 1. The molecule has 0 atom stereocenters. The zero-order valence-corrected chi connectivity index (χ0v) is 12.4. The average Bonchev–Trinajstić information content (AvgIpc) is 2.45. The number of rotatable bonds is 2. The highest BCUT2D eigenvalue weighted by Crippen LogP contribution is 2.34. The molecule has 0 saturated carbocycles. The maximum absolute atomic E-state index is 12.9. The molecule has 0 aliphatic carbocycles. The number of urea groups is 1. The first kappa shape index (κ1) is 18.4. The Hall–Kier alpha value is -1.97. The van der Waals surface area contributed by atoms with E-state index in [2.05, 4.69) is 5.32 Å². The minimum absolute atomic E-state index is 0.00779. The van der Waals surface area contributed by atoms with Crippen molar-refractivity contribution in [1.29, 1.82) is 0 Å². The van der Waals surface area contributed by atoms with Gasteiger partial charge in [-0.2, -0.15) is 26.3 Å². The number of nitrogens with one attached hydrogen (secondary N) is 1. The molecule has 1 fully saturated rings. The molecule has 0 radical (unpaired) electrons. The largest absolute Gasteiger partial charge is 0.418 e. The molecule has 0 aromatic heterocycles. The fourth-order valence-corrected chi connectivity index (χ4v) is 2.40. The molecule has 1 aromatic rings. The van der Waals surface area contributed by atoms with Crippen LogP contribution in [0, 0.1) is 0 Å². The lowest BCUT2D eigenvalue weighted by Gasteiger charge is -2.35. The van der Waals surface area contributed by atoms with Gasteiger partial charge in [-0.3, -0.25) is 4.90 Å². The zero-order chi connectivity index (χ0) is 18.0. The number of hydrogen-bond acceptors (Lipinski definition) is 2. The van der Waals surface area contributed by atoms with E-state index in [0.29, 0.717) is 0 Å². The van der Waals surface area contributed by atoms with Crippen LogP contribution in [0.2, 0.25) is 0 Å². The topological polar surface area (TPSA) is 35.6 Å². The first-order chi connectivity index (χ1) is 11.1. The highest BCUT2D eigenvalue weighted by Gasteiger charge is 2.35. The molecule has 1 aliphatic heterocycles. The van der Waals surface area contributed by atoms with E-state index in [-0.39, 0.29) is 31.9 Å². The number of alkyl halides is 6. The molecule has 1 aromatic carbocycles. The molecular weight excluding hydrogens is 340 g/mol. The van der Waals surface area contributed by atoms with Gasteiger partial charge >= 0.3 is 18.4 Å². The second-order valence-electron chi connectivity index (χ2n) is 5.35. The summed E-state index contributed by atoms with van der Waals surface area (Å²) < 4.78 is 75.5. The van der Waals surface area contributed by atoms with Gasteiger partial charge in [0, 0.05) is 26.2 Å². The second-order valence-corrected chi connectivity index (χ2v) is 5.35. The molecule has 10 heteroatoms. The van der Waals surface area contributed by atoms with Gasteiger partial charge < -0.3 is 10.2 Å². The first-order valence-electron chi connectivity index (χ1n) is 7.07. The third kappa shape index (κ3) is 5.02. The van der Waals surface area contributed by atoms with E-state index >= 15 is 0 Å². The predicted molar refractivity (Wildman–Crippen MR) is 74.5 cm³/mol. The molecule has 1 N–H and O–H groups in total. The fraction of sp³-hybridized carbons (Fsp3) is 0.500. The monoisotopic (exact) mass is 355 g/mol. The summed E-state index contributed by atoms with van der Waals surface area (Å²) in [5, 5.41) is 2.18. The standard InChI is InChI=1S/C14H15F6N3O/c15-13(16,17)9-22-5-7-23(8-6-22)12(24)21-11-4-2-1-3-10(11)14(18,19)20/h1-4H,5-9H2,(H,21,24). The predicted octanol–water partition coefficient (Wildman–Crippen LogP) is 3.42. The lowest BCUT2D eigenvalue weighted by atomic mass is 10.1. The Morgan fingerprint density at radius 3 is 2.12 bits per heavy atom. The second kappa shape index (κ2) is 6.88. The number of carbonyl (C=O) groups is 1. The van der Waals surface area contributed by atoms with Crippen molar-refractivity contribution in [1.82, 2.24) is 9.80 Å². The van der Waals surface area contributed by atoms with Gasteiger partial charge in [0.1, 0.15) is 0 Å². The summed E-state index contributed by atoms with van der Waals surface area (Å²) in [6.45, 7) is -1.03.